The number of ether oxygens (including phenoxy) is 1. The van der Waals surface area contributed by atoms with Crippen LogP contribution in [0.2, 0.25) is 5.02 Å². The van der Waals surface area contributed by atoms with Gasteiger partial charge in [0.25, 0.3) is 5.95 Å². The molecule has 1 aromatic heterocycles. The Labute approximate surface area is 155 Å². The minimum Gasteiger partial charge on any atom is -0.489 e. The molecule has 0 aliphatic heterocycles. The Morgan fingerprint density at radius 2 is 1.96 bits per heavy atom. The Balaban J connectivity index is 1.63. The highest BCUT2D eigenvalue weighted by atomic mass is 35.5. The fourth-order valence-corrected chi connectivity index (χ4v) is 3.04. The molecule has 4 rings (SSSR count). The summed E-state index contributed by atoms with van der Waals surface area (Å²) in [6.45, 7) is 0.958. The highest BCUT2D eigenvalue weighted by Crippen LogP contribution is 2.29. The summed E-state index contributed by atoms with van der Waals surface area (Å²) in [6, 6.07) is 19.9. The maximum absolute atomic E-state index is 6.09. The van der Waals surface area contributed by atoms with Gasteiger partial charge in [-0.3, -0.25) is 0 Å². The lowest BCUT2D eigenvalue weighted by atomic mass is 10.0. The second-order valence-corrected chi connectivity index (χ2v) is 6.21. The van der Waals surface area contributed by atoms with Crippen LogP contribution in [0.1, 0.15) is 11.1 Å². The second-order valence-electron chi connectivity index (χ2n) is 5.77. The van der Waals surface area contributed by atoms with Crippen LogP contribution in [0, 0.1) is 0 Å². The van der Waals surface area contributed by atoms with E-state index in [-0.39, 0.29) is 0 Å². The molecule has 0 aliphatic rings. The Morgan fingerprint density at radius 3 is 2.81 bits per heavy atom. The topological polar surface area (TPSA) is 75.7 Å². The number of tetrazole rings is 1. The molecule has 3 aromatic carbocycles. The predicted octanol–water partition coefficient (Wildman–Crippen LogP) is 4.20. The first-order valence-electron chi connectivity index (χ1n) is 8.15. The second kappa shape index (κ2) is 7.41. The van der Waals surface area contributed by atoms with E-state index in [4.69, 9.17) is 16.3 Å². The lowest BCUT2D eigenvalue weighted by molar-refractivity contribution is 0.304. The molecule has 7 heteroatoms. The zero-order chi connectivity index (χ0) is 17.8. The first kappa shape index (κ1) is 16.4. The largest absolute Gasteiger partial charge is 0.489 e. The van der Waals surface area contributed by atoms with Gasteiger partial charge >= 0.3 is 0 Å². The number of aromatic amines is 1. The Kier molecular flexibility index (Phi) is 4.66. The molecule has 0 amide bonds. The van der Waals surface area contributed by atoms with Crippen molar-refractivity contribution in [2.45, 2.75) is 13.2 Å². The van der Waals surface area contributed by atoms with Crippen molar-refractivity contribution in [3.8, 4) is 5.75 Å². The molecule has 0 fully saturated rings. The van der Waals surface area contributed by atoms with Crippen molar-refractivity contribution in [3.63, 3.8) is 0 Å². The predicted molar refractivity (Wildman–Crippen MR) is 101 cm³/mol. The van der Waals surface area contributed by atoms with Crippen LogP contribution in [0.3, 0.4) is 0 Å². The SMILES string of the molecule is Clc1cccc(COc2ccc3ccccc3c2CNc2nn[nH]n2)c1. The van der Waals surface area contributed by atoms with Crippen molar-refractivity contribution in [2.24, 2.45) is 0 Å². The third-order valence-corrected chi connectivity index (χ3v) is 4.28. The van der Waals surface area contributed by atoms with Gasteiger partial charge in [0.15, 0.2) is 0 Å². The molecule has 0 aliphatic carbocycles. The van der Waals surface area contributed by atoms with Gasteiger partial charge in [-0.25, -0.2) is 0 Å². The van der Waals surface area contributed by atoms with Crippen LogP contribution in [0.15, 0.2) is 60.7 Å². The van der Waals surface area contributed by atoms with E-state index in [2.05, 4.69) is 44.1 Å². The summed E-state index contributed by atoms with van der Waals surface area (Å²) in [5.41, 5.74) is 2.05. The Bertz CT molecular complexity index is 1020. The summed E-state index contributed by atoms with van der Waals surface area (Å²) >= 11 is 6.05. The van der Waals surface area contributed by atoms with Gasteiger partial charge in [-0.05, 0) is 39.7 Å². The average Bonchev–Trinajstić information content (AvgIpc) is 3.18. The van der Waals surface area contributed by atoms with Crippen molar-refractivity contribution < 1.29 is 4.74 Å². The van der Waals surface area contributed by atoms with E-state index >= 15 is 0 Å². The lowest BCUT2D eigenvalue weighted by Crippen LogP contribution is -2.05. The maximum Gasteiger partial charge on any atom is 0.263 e. The summed E-state index contributed by atoms with van der Waals surface area (Å²) in [4.78, 5) is 0. The summed E-state index contributed by atoms with van der Waals surface area (Å²) < 4.78 is 6.09. The Hall–Kier alpha value is -3.12. The van der Waals surface area contributed by atoms with Gasteiger partial charge in [-0.2, -0.15) is 5.21 Å². The van der Waals surface area contributed by atoms with Gasteiger partial charge in [0, 0.05) is 17.1 Å². The third kappa shape index (κ3) is 3.60. The zero-order valence-corrected chi connectivity index (χ0v) is 14.6. The van der Waals surface area contributed by atoms with Crippen LogP contribution in [-0.4, -0.2) is 20.6 Å². The number of halogens is 1. The molecule has 6 nitrogen and oxygen atoms in total. The number of aromatic nitrogens is 4. The van der Waals surface area contributed by atoms with Crippen LogP contribution in [0.4, 0.5) is 5.95 Å². The molecule has 0 saturated heterocycles. The summed E-state index contributed by atoms with van der Waals surface area (Å²) in [5, 5.41) is 20.0. The molecule has 0 radical (unpaired) electrons. The van der Waals surface area contributed by atoms with E-state index < -0.39 is 0 Å². The van der Waals surface area contributed by atoms with Crippen molar-refractivity contribution in [2.75, 3.05) is 5.32 Å². The Morgan fingerprint density at radius 1 is 1.04 bits per heavy atom. The molecule has 0 saturated carbocycles. The van der Waals surface area contributed by atoms with Crippen LogP contribution >= 0.6 is 11.6 Å². The smallest absolute Gasteiger partial charge is 0.263 e. The van der Waals surface area contributed by atoms with E-state index in [1.54, 1.807) is 0 Å². The van der Waals surface area contributed by atoms with Crippen LogP contribution in [-0.2, 0) is 13.2 Å². The van der Waals surface area contributed by atoms with Crippen molar-refractivity contribution in [1.82, 2.24) is 20.6 Å². The van der Waals surface area contributed by atoms with Gasteiger partial charge in [0.05, 0.1) is 0 Å². The number of nitrogens with zero attached hydrogens (tertiary/aromatic N) is 3. The lowest BCUT2D eigenvalue weighted by Gasteiger charge is -2.15. The molecule has 4 aromatic rings. The van der Waals surface area contributed by atoms with Gasteiger partial charge in [0.1, 0.15) is 12.4 Å². The number of nitrogens with one attached hydrogen (secondary N) is 2. The average molecular weight is 366 g/mol. The molecule has 0 bridgehead atoms. The van der Waals surface area contributed by atoms with E-state index in [9.17, 15) is 0 Å². The van der Waals surface area contributed by atoms with Gasteiger partial charge in [-0.15, -0.1) is 5.10 Å². The van der Waals surface area contributed by atoms with Gasteiger partial charge < -0.3 is 10.1 Å². The monoisotopic (exact) mass is 365 g/mol. The van der Waals surface area contributed by atoms with E-state index in [0.29, 0.717) is 24.1 Å². The molecule has 130 valence electrons. The molecule has 0 atom stereocenters. The van der Waals surface area contributed by atoms with Crippen LogP contribution in [0.5, 0.6) is 5.75 Å². The fraction of sp³-hybridized carbons (Fsp3) is 0.105. The highest BCUT2D eigenvalue weighted by molar-refractivity contribution is 6.30. The summed E-state index contributed by atoms with van der Waals surface area (Å²) in [7, 11) is 0. The van der Waals surface area contributed by atoms with Crippen molar-refractivity contribution >= 4 is 28.3 Å². The molecule has 1 heterocycles. The number of rotatable bonds is 6. The molecular formula is C19H16ClN5O. The molecular weight excluding hydrogens is 350 g/mol. The van der Waals surface area contributed by atoms with E-state index in [1.165, 1.54) is 0 Å². The number of hydrogen-bond acceptors (Lipinski definition) is 5. The summed E-state index contributed by atoms with van der Waals surface area (Å²) in [5.74, 6) is 1.25. The number of H-pyrrole nitrogens is 1. The highest BCUT2D eigenvalue weighted by Gasteiger charge is 2.10. The normalized spacial score (nSPS) is 10.8. The summed E-state index contributed by atoms with van der Waals surface area (Å²) in [6.07, 6.45) is 0. The van der Waals surface area contributed by atoms with E-state index in [0.717, 1.165) is 27.6 Å². The quantitative estimate of drug-likeness (QED) is 0.535. The van der Waals surface area contributed by atoms with E-state index in [1.807, 2.05) is 42.5 Å². The number of benzene rings is 3. The van der Waals surface area contributed by atoms with Gasteiger partial charge in [0.2, 0.25) is 0 Å². The fourth-order valence-electron chi connectivity index (χ4n) is 2.83. The first-order chi connectivity index (χ1) is 12.8. The minimum atomic E-state index is 0.439. The minimum absolute atomic E-state index is 0.439. The standard InChI is InChI=1S/C19H16ClN5O/c20-15-6-3-4-13(10-15)12-26-18-9-8-14-5-1-2-7-16(14)17(18)11-21-19-22-24-25-23-19/h1-10H,11-12H2,(H2,21,22,23,24,25). The van der Waals surface area contributed by atoms with Crippen LogP contribution in [0.25, 0.3) is 10.8 Å². The third-order valence-electron chi connectivity index (χ3n) is 4.05. The maximum atomic E-state index is 6.09. The number of fused-ring (bicyclic) bond motifs is 1. The van der Waals surface area contributed by atoms with Gasteiger partial charge in [-0.1, -0.05) is 59.2 Å². The van der Waals surface area contributed by atoms with Crippen LogP contribution < -0.4 is 10.1 Å². The molecule has 26 heavy (non-hydrogen) atoms. The molecule has 2 N–H and O–H groups in total. The molecule has 0 unspecified atom stereocenters. The van der Waals surface area contributed by atoms with Crippen molar-refractivity contribution in [3.05, 3.63) is 76.8 Å². The molecule has 0 spiro atoms. The zero-order valence-electron chi connectivity index (χ0n) is 13.8. The van der Waals surface area contributed by atoms with Crippen molar-refractivity contribution in [1.29, 1.82) is 0 Å². The number of hydrogen-bond donors (Lipinski definition) is 2. The first-order valence-corrected chi connectivity index (χ1v) is 8.52. The number of anilines is 1.